The molecule has 4 aromatic carbocycles. The second kappa shape index (κ2) is 10.2. The summed E-state index contributed by atoms with van der Waals surface area (Å²) < 4.78 is 6.87. The van der Waals surface area contributed by atoms with Gasteiger partial charge in [0.1, 0.15) is 5.75 Å². The number of carbonyl (C=O) groups excluding carboxylic acids is 2. The first-order valence-electron chi connectivity index (χ1n) is 10.9. The Kier molecular flexibility index (Phi) is 6.65. The number of anilines is 2. The molecule has 0 saturated heterocycles. The number of fused-ring (bicyclic) bond motifs is 2. The van der Waals surface area contributed by atoms with Gasteiger partial charge in [-0.3, -0.25) is 9.59 Å². The van der Waals surface area contributed by atoms with Gasteiger partial charge < -0.3 is 15.4 Å². The third-order valence-corrected chi connectivity index (χ3v) is 7.52. The molecule has 0 aliphatic heterocycles. The molecule has 8 heteroatoms. The fourth-order valence-electron chi connectivity index (χ4n) is 3.66. The molecular formula is C27H21N3O3S2. The third kappa shape index (κ3) is 5.29. The number of rotatable bonds is 7. The number of methoxy groups -OCH3 is 1. The molecule has 2 amide bonds. The highest BCUT2D eigenvalue weighted by molar-refractivity contribution is 8.01. The Hall–Kier alpha value is -3.88. The molecule has 0 unspecified atom stereocenters. The molecule has 0 bridgehead atoms. The van der Waals surface area contributed by atoms with Gasteiger partial charge in [-0.05, 0) is 59.3 Å². The number of carbonyl (C=O) groups is 2. The van der Waals surface area contributed by atoms with Crippen molar-refractivity contribution in [2.75, 3.05) is 23.5 Å². The maximum absolute atomic E-state index is 13.0. The number of benzene rings is 4. The number of thioether (sulfide) groups is 1. The van der Waals surface area contributed by atoms with Crippen LogP contribution in [0.4, 0.5) is 11.4 Å². The lowest BCUT2D eigenvalue weighted by Gasteiger charge is -2.08. The summed E-state index contributed by atoms with van der Waals surface area (Å²) in [6, 6.07) is 26.4. The minimum atomic E-state index is -0.157. The van der Waals surface area contributed by atoms with Crippen LogP contribution in [0.15, 0.2) is 89.3 Å². The molecule has 5 aromatic rings. The van der Waals surface area contributed by atoms with E-state index in [0.717, 1.165) is 31.1 Å². The molecule has 5 rings (SSSR count). The molecule has 6 nitrogen and oxygen atoms in total. The van der Waals surface area contributed by atoms with E-state index in [1.54, 1.807) is 31.4 Å². The van der Waals surface area contributed by atoms with Gasteiger partial charge in [-0.25, -0.2) is 4.98 Å². The average Bonchev–Trinajstić information content (AvgIpc) is 3.30. The van der Waals surface area contributed by atoms with E-state index in [9.17, 15) is 9.59 Å². The smallest absolute Gasteiger partial charge is 0.256 e. The first kappa shape index (κ1) is 22.9. The summed E-state index contributed by atoms with van der Waals surface area (Å²) in [4.78, 5) is 29.9. The van der Waals surface area contributed by atoms with Crippen molar-refractivity contribution in [2.24, 2.45) is 0 Å². The maximum atomic E-state index is 13.0. The van der Waals surface area contributed by atoms with Gasteiger partial charge in [-0.15, -0.1) is 11.3 Å². The molecule has 0 fully saturated rings. The van der Waals surface area contributed by atoms with Gasteiger partial charge in [0.2, 0.25) is 5.91 Å². The second-order valence-corrected chi connectivity index (χ2v) is 9.96. The van der Waals surface area contributed by atoms with Crippen LogP contribution in [0.1, 0.15) is 10.4 Å². The van der Waals surface area contributed by atoms with E-state index in [0.29, 0.717) is 16.9 Å². The molecule has 1 heterocycles. The van der Waals surface area contributed by atoms with Crippen LogP contribution in [0.5, 0.6) is 5.75 Å². The highest BCUT2D eigenvalue weighted by Crippen LogP contribution is 2.32. The fourth-order valence-corrected chi connectivity index (χ4v) is 5.57. The van der Waals surface area contributed by atoms with Crippen molar-refractivity contribution >= 4 is 67.3 Å². The van der Waals surface area contributed by atoms with Crippen LogP contribution in [-0.4, -0.2) is 29.7 Å². The Bertz CT molecular complexity index is 1530. The molecule has 2 N–H and O–H groups in total. The van der Waals surface area contributed by atoms with Gasteiger partial charge in [-0.1, -0.05) is 48.2 Å². The highest BCUT2D eigenvalue weighted by atomic mass is 32.2. The molecule has 35 heavy (non-hydrogen) atoms. The van der Waals surface area contributed by atoms with Crippen molar-refractivity contribution in [3.63, 3.8) is 0 Å². The van der Waals surface area contributed by atoms with Crippen molar-refractivity contribution in [3.8, 4) is 5.75 Å². The number of amides is 2. The molecule has 0 aliphatic carbocycles. The SMILES string of the molecule is COc1ccc(NC(=O)CSc2nc3ccc(NC(=O)c4cccc5ccccc45)cc3s2)cc1. The summed E-state index contributed by atoms with van der Waals surface area (Å²) in [5.74, 6) is 0.716. The average molecular weight is 500 g/mol. The van der Waals surface area contributed by atoms with Gasteiger partial charge in [0.15, 0.2) is 4.34 Å². The summed E-state index contributed by atoms with van der Waals surface area (Å²) >= 11 is 2.88. The summed E-state index contributed by atoms with van der Waals surface area (Å²) in [7, 11) is 1.60. The van der Waals surface area contributed by atoms with Crippen LogP contribution in [0.2, 0.25) is 0 Å². The molecular weight excluding hydrogens is 478 g/mol. The zero-order valence-corrected chi connectivity index (χ0v) is 20.4. The number of ether oxygens (including phenoxy) is 1. The Labute approximate surface area is 210 Å². The van der Waals surface area contributed by atoms with Crippen LogP contribution >= 0.6 is 23.1 Å². The first-order chi connectivity index (χ1) is 17.1. The topological polar surface area (TPSA) is 80.3 Å². The predicted molar refractivity (Wildman–Crippen MR) is 144 cm³/mol. The molecule has 0 atom stereocenters. The van der Waals surface area contributed by atoms with E-state index in [1.165, 1.54) is 23.1 Å². The van der Waals surface area contributed by atoms with Gasteiger partial charge in [0.05, 0.1) is 23.1 Å². The largest absolute Gasteiger partial charge is 0.497 e. The Morgan fingerprint density at radius 1 is 0.914 bits per heavy atom. The van der Waals surface area contributed by atoms with Crippen LogP contribution in [-0.2, 0) is 4.79 Å². The number of nitrogens with one attached hydrogen (secondary N) is 2. The van der Waals surface area contributed by atoms with Gasteiger partial charge in [0, 0.05) is 16.9 Å². The van der Waals surface area contributed by atoms with Gasteiger partial charge in [0.25, 0.3) is 5.91 Å². The summed E-state index contributed by atoms with van der Waals surface area (Å²) in [6.45, 7) is 0. The van der Waals surface area contributed by atoms with Crippen molar-refractivity contribution in [1.82, 2.24) is 4.98 Å². The van der Waals surface area contributed by atoms with Crippen molar-refractivity contribution < 1.29 is 14.3 Å². The number of hydrogen-bond acceptors (Lipinski definition) is 6. The summed E-state index contributed by atoms with van der Waals surface area (Å²) in [5, 5.41) is 7.81. The monoisotopic (exact) mass is 499 g/mol. The lowest BCUT2D eigenvalue weighted by molar-refractivity contribution is -0.113. The van der Waals surface area contributed by atoms with E-state index < -0.39 is 0 Å². The van der Waals surface area contributed by atoms with Crippen molar-refractivity contribution in [3.05, 3.63) is 90.5 Å². The molecule has 0 saturated carbocycles. The second-order valence-electron chi connectivity index (χ2n) is 7.71. The molecule has 0 aliphatic rings. The Morgan fingerprint density at radius 2 is 1.69 bits per heavy atom. The minimum absolute atomic E-state index is 0.109. The number of nitrogens with zero attached hydrogens (tertiary/aromatic N) is 1. The fraction of sp³-hybridized carbons (Fsp3) is 0.0741. The van der Waals surface area contributed by atoms with Gasteiger partial charge in [-0.2, -0.15) is 0 Å². The van der Waals surface area contributed by atoms with Crippen LogP contribution < -0.4 is 15.4 Å². The van der Waals surface area contributed by atoms with E-state index >= 15 is 0 Å². The van der Waals surface area contributed by atoms with Crippen molar-refractivity contribution in [1.29, 1.82) is 0 Å². The molecule has 0 spiro atoms. The standard InChI is InChI=1S/C27H21N3O3S2/c1-33-20-12-9-18(10-13-20)28-25(31)16-34-27-30-23-14-11-19(15-24(23)35-27)29-26(32)22-8-4-6-17-5-2-3-7-21(17)22/h2-15H,16H2,1H3,(H,28,31)(H,29,32). The number of hydrogen-bond donors (Lipinski definition) is 2. The number of aromatic nitrogens is 1. The highest BCUT2D eigenvalue weighted by Gasteiger charge is 2.12. The Morgan fingerprint density at radius 3 is 2.51 bits per heavy atom. The van der Waals surface area contributed by atoms with Crippen LogP contribution in [0.25, 0.3) is 21.0 Å². The maximum Gasteiger partial charge on any atom is 0.256 e. The normalized spacial score (nSPS) is 10.9. The molecule has 0 radical (unpaired) electrons. The zero-order chi connectivity index (χ0) is 24.2. The Balaban J connectivity index is 1.24. The number of thiazole rings is 1. The first-order valence-corrected chi connectivity index (χ1v) is 12.7. The van der Waals surface area contributed by atoms with E-state index in [4.69, 9.17) is 4.74 Å². The van der Waals surface area contributed by atoms with Crippen LogP contribution in [0, 0.1) is 0 Å². The molecule has 1 aromatic heterocycles. The summed E-state index contributed by atoms with van der Waals surface area (Å²) in [5.41, 5.74) is 2.88. The van der Waals surface area contributed by atoms with E-state index in [1.807, 2.05) is 60.7 Å². The van der Waals surface area contributed by atoms with Gasteiger partial charge >= 0.3 is 0 Å². The van der Waals surface area contributed by atoms with Crippen LogP contribution in [0.3, 0.4) is 0 Å². The third-order valence-electron chi connectivity index (χ3n) is 5.36. The zero-order valence-electron chi connectivity index (χ0n) is 18.8. The predicted octanol–water partition coefficient (Wildman–Crippen LogP) is 6.44. The van der Waals surface area contributed by atoms with E-state index in [2.05, 4.69) is 15.6 Å². The van der Waals surface area contributed by atoms with E-state index in [-0.39, 0.29) is 17.6 Å². The quantitative estimate of drug-likeness (QED) is 0.252. The lowest BCUT2D eigenvalue weighted by Crippen LogP contribution is -2.13. The lowest BCUT2D eigenvalue weighted by atomic mass is 10.0. The minimum Gasteiger partial charge on any atom is -0.497 e. The molecule has 174 valence electrons. The summed E-state index contributed by atoms with van der Waals surface area (Å²) in [6.07, 6.45) is 0. The van der Waals surface area contributed by atoms with Crippen molar-refractivity contribution in [2.45, 2.75) is 4.34 Å².